The zero-order valence-corrected chi connectivity index (χ0v) is 12.5. The van der Waals surface area contributed by atoms with E-state index >= 15 is 0 Å². The van der Waals surface area contributed by atoms with Crippen molar-refractivity contribution in [3.8, 4) is 5.75 Å². The number of benzene rings is 1. The van der Waals surface area contributed by atoms with Gasteiger partial charge in [0.25, 0.3) is 0 Å². The zero-order chi connectivity index (χ0) is 12.7. The maximum Gasteiger partial charge on any atom is 0.119 e. The van der Waals surface area contributed by atoms with Crippen molar-refractivity contribution < 1.29 is 4.74 Å². The van der Waals surface area contributed by atoms with Crippen LogP contribution in [0.25, 0.3) is 0 Å². The van der Waals surface area contributed by atoms with Gasteiger partial charge < -0.3 is 9.64 Å². The van der Waals surface area contributed by atoms with Gasteiger partial charge in [0, 0.05) is 17.6 Å². The largest absolute Gasteiger partial charge is 0.492 e. The first kappa shape index (κ1) is 14.5. The highest BCUT2D eigenvalue weighted by Gasteiger charge is 2.04. The molecule has 0 saturated carbocycles. The average Bonchev–Trinajstić information content (AvgIpc) is 2.31. The van der Waals surface area contributed by atoms with E-state index in [1.165, 1.54) is 6.42 Å². The molecule has 96 valence electrons. The van der Waals surface area contributed by atoms with Crippen molar-refractivity contribution in [3.63, 3.8) is 0 Å². The predicted molar refractivity (Wildman–Crippen MR) is 76.6 cm³/mol. The van der Waals surface area contributed by atoms with Crippen LogP contribution in [0, 0.1) is 5.92 Å². The molecule has 0 N–H and O–H groups in total. The third-order valence-electron chi connectivity index (χ3n) is 2.88. The van der Waals surface area contributed by atoms with E-state index in [1.807, 2.05) is 24.3 Å². The quantitative estimate of drug-likeness (QED) is 0.759. The lowest BCUT2D eigenvalue weighted by Gasteiger charge is -2.20. The lowest BCUT2D eigenvalue weighted by Crippen LogP contribution is -2.28. The molecular formula is C14H22BrNO. The summed E-state index contributed by atoms with van der Waals surface area (Å²) in [4.78, 5) is 2.33. The van der Waals surface area contributed by atoms with Gasteiger partial charge in [-0.2, -0.15) is 0 Å². The predicted octanol–water partition coefficient (Wildman–Crippen LogP) is 3.81. The summed E-state index contributed by atoms with van der Waals surface area (Å²) in [5, 5.41) is 0. The number of halogens is 1. The van der Waals surface area contributed by atoms with E-state index < -0.39 is 0 Å². The van der Waals surface area contributed by atoms with Gasteiger partial charge in [-0.3, -0.25) is 0 Å². The highest BCUT2D eigenvalue weighted by molar-refractivity contribution is 9.10. The molecule has 1 aromatic rings. The molecule has 0 aliphatic heterocycles. The van der Waals surface area contributed by atoms with E-state index in [4.69, 9.17) is 4.74 Å². The number of hydrogen-bond acceptors (Lipinski definition) is 2. The van der Waals surface area contributed by atoms with Crippen molar-refractivity contribution in [2.45, 2.75) is 20.3 Å². The maximum absolute atomic E-state index is 5.68. The van der Waals surface area contributed by atoms with Crippen LogP contribution in [0.1, 0.15) is 20.3 Å². The van der Waals surface area contributed by atoms with Crippen molar-refractivity contribution in [2.24, 2.45) is 5.92 Å². The topological polar surface area (TPSA) is 12.5 Å². The summed E-state index contributed by atoms with van der Waals surface area (Å²) < 4.78 is 6.77. The molecule has 0 aromatic heterocycles. The third-order valence-corrected chi connectivity index (χ3v) is 3.40. The van der Waals surface area contributed by atoms with Crippen LogP contribution in [0.2, 0.25) is 0 Å². The number of hydrogen-bond donors (Lipinski definition) is 0. The molecule has 0 aliphatic carbocycles. The van der Waals surface area contributed by atoms with Crippen LogP contribution in [0.3, 0.4) is 0 Å². The molecule has 0 heterocycles. The normalized spacial score (nSPS) is 12.8. The molecule has 17 heavy (non-hydrogen) atoms. The van der Waals surface area contributed by atoms with E-state index in [0.717, 1.165) is 35.8 Å². The lowest BCUT2D eigenvalue weighted by molar-refractivity contribution is 0.217. The molecule has 3 heteroatoms. The van der Waals surface area contributed by atoms with Crippen LogP contribution < -0.4 is 4.74 Å². The molecule has 0 saturated heterocycles. The van der Waals surface area contributed by atoms with Gasteiger partial charge in [0.1, 0.15) is 12.4 Å². The fraction of sp³-hybridized carbons (Fsp3) is 0.571. The lowest BCUT2D eigenvalue weighted by atomic mass is 10.1. The van der Waals surface area contributed by atoms with Crippen molar-refractivity contribution in [2.75, 3.05) is 26.7 Å². The first-order valence-electron chi connectivity index (χ1n) is 6.18. The number of ether oxygens (including phenoxy) is 1. The first-order chi connectivity index (χ1) is 8.11. The summed E-state index contributed by atoms with van der Waals surface area (Å²) in [6, 6.07) is 7.97. The Kier molecular flexibility index (Phi) is 6.60. The van der Waals surface area contributed by atoms with Crippen molar-refractivity contribution in [3.05, 3.63) is 28.7 Å². The second kappa shape index (κ2) is 7.72. The molecule has 1 rings (SSSR count). The van der Waals surface area contributed by atoms with E-state index in [-0.39, 0.29) is 0 Å². The van der Waals surface area contributed by atoms with Crippen molar-refractivity contribution in [1.82, 2.24) is 4.90 Å². The standard InChI is InChI=1S/C14H22BrNO/c1-4-12(2)11-16(3)9-10-17-14-7-5-13(15)6-8-14/h5-8,12H,4,9-11H2,1-3H3. The van der Waals surface area contributed by atoms with Gasteiger partial charge in [-0.15, -0.1) is 0 Å². The fourth-order valence-electron chi connectivity index (χ4n) is 1.60. The van der Waals surface area contributed by atoms with Crippen LogP contribution in [-0.2, 0) is 0 Å². The average molecular weight is 300 g/mol. The molecule has 0 aliphatic rings. The minimum absolute atomic E-state index is 0.745. The van der Waals surface area contributed by atoms with Gasteiger partial charge in [0.15, 0.2) is 0 Å². The Bertz CT molecular complexity index is 313. The summed E-state index contributed by atoms with van der Waals surface area (Å²) in [7, 11) is 2.15. The molecule has 0 bridgehead atoms. The summed E-state index contributed by atoms with van der Waals surface area (Å²) in [6.07, 6.45) is 1.23. The van der Waals surface area contributed by atoms with Gasteiger partial charge in [-0.05, 0) is 37.2 Å². The summed E-state index contributed by atoms with van der Waals surface area (Å²) >= 11 is 3.41. The highest BCUT2D eigenvalue weighted by Crippen LogP contribution is 2.15. The highest BCUT2D eigenvalue weighted by atomic mass is 79.9. The molecule has 1 unspecified atom stereocenters. The van der Waals surface area contributed by atoms with Crippen LogP contribution in [-0.4, -0.2) is 31.6 Å². The van der Waals surface area contributed by atoms with Gasteiger partial charge in [-0.1, -0.05) is 36.2 Å². The number of rotatable bonds is 7. The Balaban J connectivity index is 2.21. The Hall–Kier alpha value is -0.540. The fourth-order valence-corrected chi connectivity index (χ4v) is 1.87. The van der Waals surface area contributed by atoms with E-state index in [1.54, 1.807) is 0 Å². The zero-order valence-electron chi connectivity index (χ0n) is 10.9. The molecule has 2 nitrogen and oxygen atoms in total. The SMILES string of the molecule is CCC(C)CN(C)CCOc1ccc(Br)cc1. The maximum atomic E-state index is 5.68. The molecular weight excluding hydrogens is 278 g/mol. The van der Waals surface area contributed by atoms with Crippen LogP contribution in [0.5, 0.6) is 5.75 Å². The Labute approximate surface area is 113 Å². The molecule has 0 amide bonds. The van der Waals surface area contributed by atoms with Crippen LogP contribution in [0.4, 0.5) is 0 Å². The summed E-state index contributed by atoms with van der Waals surface area (Å²) in [5.74, 6) is 1.69. The Morgan fingerprint density at radius 2 is 1.94 bits per heavy atom. The van der Waals surface area contributed by atoms with Crippen LogP contribution >= 0.6 is 15.9 Å². The van der Waals surface area contributed by atoms with Gasteiger partial charge in [-0.25, -0.2) is 0 Å². The van der Waals surface area contributed by atoms with Gasteiger partial charge >= 0.3 is 0 Å². The van der Waals surface area contributed by atoms with E-state index in [0.29, 0.717) is 0 Å². The first-order valence-corrected chi connectivity index (χ1v) is 6.98. The van der Waals surface area contributed by atoms with Crippen LogP contribution in [0.15, 0.2) is 28.7 Å². The summed E-state index contributed by atoms with van der Waals surface area (Å²) in [6.45, 7) is 7.37. The van der Waals surface area contributed by atoms with Gasteiger partial charge in [0.05, 0.1) is 0 Å². The molecule has 0 radical (unpaired) electrons. The summed E-state index contributed by atoms with van der Waals surface area (Å²) in [5.41, 5.74) is 0. The minimum Gasteiger partial charge on any atom is -0.492 e. The second-order valence-corrected chi connectivity index (χ2v) is 5.49. The van der Waals surface area contributed by atoms with Gasteiger partial charge in [0.2, 0.25) is 0 Å². The Morgan fingerprint density at radius 3 is 2.53 bits per heavy atom. The molecule has 0 spiro atoms. The van der Waals surface area contributed by atoms with E-state index in [2.05, 4.69) is 41.7 Å². The minimum atomic E-state index is 0.745. The third kappa shape index (κ3) is 6.08. The molecule has 0 fully saturated rings. The smallest absolute Gasteiger partial charge is 0.119 e. The monoisotopic (exact) mass is 299 g/mol. The number of nitrogens with zero attached hydrogens (tertiary/aromatic N) is 1. The van der Waals surface area contributed by atoms with E-state index in [9.17, 15) is 0 Å². The Morgan fingerprint density at radius 1 is 1.29 bits per heavy atom. The van der Waals surface area contributed by atoms with Crippen molar-refractivity contribution >= 4 is 15.9 Å². The number of likely N-dealkylation sites (N-methyl/N-ethyl adjacent to an activating group) is 1. The molecule has 1 aromatic carbocycles. The second-order valence-electron chi connectivity index (χ2n) is 4.58. The molecule has 1 atom stereocenters. The van der Waals surface area contributed by atoms with Crippen molar-refractivity contribution in [1.29, 1.82) is 0 Å².